The molecule has 0 bridgehead atoms. The van der Waals surface area contributed by atoms with Gasteiger partial charge in [0.15, 0.2) is 0 Å². The van der Waals surface area contributed by atoms with Gasteiger partial charge in [0.2, 0.25) is 5.91 Å². The van der Waals surface area contributed by atoms with Gasteiger partial charge in [-0.05, 0) is 24.6 Å². The van der Waals surface area contributed by atoms with Crippen LogP contribution in [0.25, 0.3) is 0 Å². The number of nitrogens with zero attached hydrogens (tertiary/aromatic N) is 1. The van der Waals surface area contributed by atoms with Crippen molar-refractivity contribution >= 4 is 35.4 Å². The fourth-order valence-corrected chi connectivity index (χ4v) is 5.94. The van der Waals surface area contributed by atoms with Crippen LogP contribution in [0, 0.1) is 11.8 Å². The molecule has 2 heterocycles. The van der Waals surface area contributed by atoms with Gasteiger partial charge in [-0.3, -0.25) is 4.79 Å². The van der Waals surface area contributed by atoms with E-state index in [1.165, 1.54) is 16.7 Å². The lowest BCUT2D eigenvalue weighted by Crippen LogP contribution is -2.63. The van der Waals surface area contributed by atoms with Crippen LogP contribution >= 0.6 is 23.5 Å². The van der Waals surface area contributed by atoms with E-state index in [9.17, 15) is 19.8 Å². The van der Waals surface area contributed by atoms with Gasteiger partial charge in [0.1, 0.15) is 5.70 Å². The maximum atomic E-state index is 12.3. The fourth-order valence-electron chi connectivity index (χ4n) is 3.60. The third-order valence-corrected chi connectivity index (χ3v) is 7.33. The predicted molar refractivity (Wildman–Crippen MR) is 102 cm³/mol. The van der Waals surface area contributed by atoms with Gasteiger partial charge in [0, 0.05) is 27.3 Å². The van der Waals surface area contributed by atoms with Gasteiger partial charge in [0.25, 0.3) is 0 Å². The highest BCUT2D eigenvalue weighted by Gasteiger charge is 2.59. The van der Waals surface area contributed by atoms with E-state index >= 15 is 0 Å². The van der Waals surface area contributed by atoms with Crippen molar-refractivity contribution in [3.05, 3.63) is 40.4 Å². The second kappa shape index (κ2) is 7.64. The number of hydrogen-bond donors (Lipinski definition) is 3. The van der Waals surface area contributed by atoms with Crippen molar-refractivity contribution in [2.24, 2.45) is 17.6 Å². The second-order valence-electron chi connectivity index (χ2n) is 6.53. The number of carbonyl (C=O) groups excluding carboxylic acids is 1. The number of carboxylic acids is 1. The van der Waals surface area contributed by atoms with E-state index in [0.717, 1.165) is 10.5 Å². The summed E-state index contributed by atoms with van der Waals surface area (Å²) >= 11 is 3.07. The molecular weight excluding hydrogens is 372 g/mol. The smallest absolute Gasteiger partial charge is 0.353 e. The van der Waals surface area contributed by atoms with Crippen molar-refractivity contribution in [1.29, 1.82) is 0 Å². The monoisotopic (exact) mass is 394 g/mol. The molecule has 0 unspecified atom stereocenters. The van der Waals surface area contributed by atoms with Crippen molar-refractivity contribution in [2.75, 3.05) is 5.08 Å². The number of benzene rings is 1. The summed E-state index contributed by atoms with van der Waals surface area (Å²) in [6.45, 7) is 4.01. The number of aliphatic hydroxyl groups is 1. The molecule has 0 aromatic heterocycles. The standard InChI is InChI=1S/C18H22N2O4S2/c1-9-14-13(10(2)21)17(22)20(14)15(18(23)24)16(9)26-8-25-12-5-3-11(7-19)4-6-12/h3-6,9-10,13-14,21H,7-8,19H2,1-2H3,(H,23,24)/t9-,10-,13-,14-/m1/s1. The molecule has 26 heavy (non-hydrogen) atoms. The zero-order valence-corrected chi connectivity index (χ0v) is 16.2. The van der Waals surface area contributed by atoms with Crippen LogP contribution in [-0.2, 0) is 16.1 Å². The summed E-state index contributed by atoms with van der Waals surface area (Å²) in [6.07, 6.45) is -0.777. The molecule has 2 aliphatic rings. The lowest BCUT2D eigenvalue weighted by molar-refractivity contribution is -0.163. The molecule has 0 aliphatic carbocycles. The van der Waals surface area contributed by atoms with Gasteiger partial charge >= 0.3 is 5.97 Å². The van der Waals surface area contributed by atoms with Crippen LogP contribution in [0.5, 0.6) is 0 Å². The molecule has 4 atom stereocenters. The van der Waals surface area contributed by atoms with Crippen LogP contribution in [0.3, 0.4) is 0 Å². The first-order valence-electron chi connectivity index (χ1n) is 8.40. The van der Waals surface area contributed by atoms with Gasteiger partial charge in [0.05, 0.1) is 18.1 Å². The highest BCUT2D eigenvalue weighted by atomic mass is 32.2. The highest BCUT2D eigenvalue weighted by molar-refractivity contribution is 8.17. The molecule has 6 nitrogen and oxygen atoms in total. The molecule has 1 aromatic carbocycles. The van der Waals surface area contributed by atoms with Crippen LogP contribution in [0.4, 0.5) is 0 Å². The first kappa shape index (κ1) is 19.3. The predicted octanol–water partition coefficient (Wildman–Crippen LogP) is 2.08. The van der Waals surface area contributed by atoms with E-state index in [4.69, 9.17) is 5.73 Å². The molecule has 1 saturated heterocycles. The Morgan fingerprint density at radius 2 is 1.96 bits per heavy atom. The zero-order chi connectivity index (χ0) is 19.0. The Hall–Kier alpha value is -1.48. The van der Waals surface area contributed by atoms with Crippen LogP contribution in [0.2, 0.25) is 0 Å². The number of β-lactam (4-membered cyclic amide) rings is 1. The number of rotatable bonds is 7. The summed E-state index contributed by atoms with van der Waals surface area (Å²) in [5.41, 5.74) is 6.74. The summed E-state index contributed by atoms with van der Waals surface area (Å²) in [4.78, 5) is 27.2. The van der Waals surface area contributed by atoms with E-state index in [-0.39, 0.29) is 23.6 Å². The SMILES string of the molecule is C[C@@H](O)[C@H]1C(=O)N2C(C(=O)O)=C(SCSc3ccc(CN)cc3)[C@H](C)[C@H]12. The Labute approximate surface area is 160 Å². The number of aliphatic hydroxyl groups excluding tert-OH is 1. The van der Waals surface area contributed by atoms with E-state index < -0.39 is 18.0 Å². The van der Waals surface area contributed by atoms with Crippen LogP contribution < -0.4 is 5.73 Å². The minimum absolute atomic E-state index is 0.0773. The topological polar surface area (TPSA) is 104 Å². The normalized spacial score (nSPS) is 25.9. The number of nitrogens with two attached hydrogens (primary N) is 1. The molecule has 140 valence electrons. The van der Waals surface area contributed by atoms with Crippen LogP contribution in [0.15, 0.2) is 39.8 Å². The fraction of sp³-hybridized carbons (Fsp3) is 0.444. The zero-order valence-electron chi connectivity index (χ0n) is 14.6. The summed E-state index contributed by atoms with van der Waals surface area (Å²) in [6, 6.07) is 7.69. The van der Waals surface area contributed by atoms with Crippen molar-refractivity contribution in [1.82, 2.24) is 4.90 Å². The van der Waals surface area contributed by atoms with E-state index in [1.54, 1.807) is 18.7 Å². The Kier molecular flexibility index (Phi) is 5.67. The number of hydrogen-bond acceptors (Lipinski definition) is 6. The third-order valence-electron chi connectivity index (χ3n) is 4.91. The number of aliphatic carboxylic acids is 1. The number of carboxylic acid groups (broad SMARTS) is 1. The van der Waals surface area contributed by atoms with Crippen LogP contribution in [0.1, 0.15) is 19.4 Å². The summed E-state index contributed by atoms with van der Waals surface area (Å²) in [7, 11) is 0. The number of carbonyl (C=O) groups is 2. The van der Waals surface area contributed by atoms with E-state index in [0.29, 0.717) is 16.5 Å². The summed E-state index contributed by atoms with van der Waals surface area (Å²) in [5, 5.41) is 20.1. The Bertz CT molecular complexity index is 748. The molecule has 1 aromatic rings. The van der Waals surface area contributed by atoms with Crippen molar-refractivity contribution < 1.29 is 19.8 Å². The molecule has 8 heteroatoms. The van der Waals surface area contributed by atoms with Gasteiger partial charge < -0.3 is 20.8 Å². The maximum Gasteiger partial charge on any atom is 0.353 e. The van der Waals surface area contributed by atoms with Gasteiger partial charge in [-0.15, -0.1) is 23.5 Å². The summed E-state index contributed by atoms with van der Waals surface area (Å²) < 4.78 is 0. The van der Waals surface area contributed by atoms with E-state index in [2.05, 4.69) is 0 Å². The first-order chi connectivity index (χ1) is 12.4. The number of thioether (sulfide) groups is 2. The van der Waals surface area contributed by atoms with Gasteiger partial charge in [-0.1, -0.05) is 19.1 Å². The van der Waals surface area contributed by atoms with Crippen LogP contribution in [-0.4, -0.2) is 44.2 Å². The number of fused-ring (bicyclic) bond motifs is 1. The molecule has 3 rings (SSSR count). The highest BCUT2D eigenvalue weighted by Crippen LogP contribution is 2.51. The number of amides is 1. The lowest BCUT2D eigenvalue weighted by Gasteiger charge is -2.46. The molecule has 0 saturated carbocycles. The third kappa shape index (κ3) is 3.26. The van der Waals surface area contributed by atoms with Gasteiger partial charge in [-0.25, -0.2) is 4.79 Å². The Morgan fingerprint density at radius 1 is 1.31 bits per heavy atom. The largest absolute Gasteiger partial charge is 0.477 e. The average Bonchev–Trinajstić information content (AvgIpc) is 2.84. The Morgan fingerprint density at radius 3 is 2.50 bits per heavy atom. The molecule has 0 radical (unpaired) electrons. The molecule has 1 fully saturated rings. The van der Waals surface area contributed by atoms with Crippen molar-refractivity contribution in [3.8, 4) is 0 Å². The Balaban J connectivity index is 1.71. The minimum atomic E-state index is -1.09. The second-order valence-corrected chi connectivity index (χ2v) is 8.96. The van der Waals surface area contributed by atoms with Crippen molar-refractivity contribution in [3.63, 3.8) is 0 Å². The minimum Gasteiger partial charge on any atom is -0.477 e. The summed E-state index contributed by atoms with van der Waals surface area (Å²) in [5.74, 6) is -2.00. The quantitative estimate of drug-likeness (QED) is 0.369. The molecule has 4 N–H and O–H groups in total. The molecular formula is C18H22N2O4S2. The average molecular weight is 395 g/mol. The van der Waals surface area contributed by atoms with E-state index in [1.807, 2.05) is 31.2 Å². The molecule has 2 aliphatic heterocycles. The first-order valence-corrected chi connectivity index (χ1v) is 10.4. The lowest BCUT2D eigenvalue weighted by atomic mass is 9.79. The maximum absolute atomic E-state index is 12.3. The van der Waals surface area contributed by atoms with Crippen molar-refractivity contribution in [2.45, 2.75) is 37.4 Å². The molecule has 0 spiro atoms. The van der Waals surface area contributed by atoms with Gasteiger partial charge in [-0.2, -0.15) is 0 Å². The molecule has 1 amide bonds.